The summed E-state index contributed by atoms with van der Waals surface area (Å²) in [6, 6.07) is 7.77. The molecule has 1 amide bonds. The molecule has 0 bridgehead atoms. The van der Waals surface area contributed by atoms with Crippen LogP contribution < -0.4 is 15.0 Å². The number of carbonyl (C=O) groups excluding carboxylic acids is 1. The van der Waals surface area contributed by atoms with Gasteiger partial charge in [0, 0.05) is 0 Å². The minimum absolute atomic E-state index is 0.169. The summed E-state index contributed by atoms with van der Waals surface area (Å²) in [5.74, 6) is 0.976. The van der Waals surface area contributed by atoms with E-state index in [2.05, 4.69) is 5.32 Å². The van der Waals surface area contributed by atoms with Crippen LogP contribution >= 0.6 is 0 Å². The molecule has 0 aromatic heterocycles. The van der Waals surface area contributed by atoms with E-state index in [0.29, 0.717) is 13.2 Å². The van der Waals surface area contributed by atoms with E-state index in [0.717, 1.165) is 37.2 Å². The zero-order chi connectivity index (χ0) is 13.3. The van der Waals surface area contributed by atoms with E-state index in [1.165, 1.54) is 0 Å². The molecule has 2 aliphatic rings. The molecule has 3 rings (SSSR count). The van der Waals surface area contributed by atoms with Crippen molar-refractivity contribution in [2.24, 2.45) is 0 Å². The van der Waals surface area contributed by atoms with Crippen LogP contribution in [0.2, 0.25) is 0 Å². The van der Waals surface area contributed by atoms with Crippen LogP contribution in [0.3, 0.4) is 0 Å². The molecule has 0 aliphatic carbocycles. The number of piperidine rings is 1. The molecule has 0 radical (unpaired) electrons. The minimum Gasteiger partial charge on any atom is -0.490 e. The summed E-state index contributed by atoms with van der Waals surface area (Å²) in [5, 5.41) is 3.39. The van der Waals surface area contributed by atoms with Gasteiger partial charge in [-0.2, -0.15) is 0 Å². The van der Waals surface area contributed by atoms with E-state index in [-0.39, 0.29) is 5.91 Å². The van der Waals surface area contributed by atoms with Crippen molar-refractivity contribution in [1.29, 1.82) is 0 Å². The zero-order valence-corrected chi connectivity index (χ0v) is 11.3. The van der Waals surface area contributed by atoms with Crippen LogP contribution in [0, 0.1) is 0 Å². The molecular formula is C15H20N2O2. The van der Waals surface area contributed by atoms with Crippen molar-refractivity contribution in [2.75, 3.05) is 24.6 Å². The molecule has 1 aromatic carbocycles. The molecule has 4 heteroatoms. The summed E-state index contributed by atoms with van der Waals surface area (Å²) in [6.45, 7) is 4.15. The molecular weight excluding hydrogens is 240 g/mol. The number of hydrogen-bond donors (Lipinski definition) is 1. The molecule has 1 aromatic rings. The van der Waals surface area contributed by atoms with Crippen molar-refractivity contribution >= 4 is 11.6 Å². The van der Waals surface area contributed by atoms with E-state index in [1.54, 1.807) is 0 Å². The third kappa shape index (κ3) is 2.21. The number of nitrogens with zero attached hydrogens (tertiary/aromatic N) is 1. The maximum Gasteiger partial charge on any atom is 0.247 e. The number of amides is 1. The van der Waals surface area contributed by atoms with Crippen LogP contribution in [-0.2, 0) is 4.79 Å². The highest BCUT2D eigenvalue weighted by Crippen LogP contribution is 2.33. The number of carbonyl (C=O) groups is 1. The van der Waals surface area contributed by atoms with Gasteiger partial charge in [0.05, 0.1) is 17.8 Å². The standard InChI is InChI=1S/C15H20N2O2/c1-15(8-4-5-9-16-15)14(18)17-10-11-19-13-7-3-2-6-12(13)17/h2-3,6-7,16H,4-5,8-11H2,1H3. The Morgan fingerprint density at radius 1 is 1.37 bits per heavy atom. The zero-order valence-electron chi connectivity index (χ0n) is 11.3. The molecule has 102 valence electrons. The highest BCUT2D eigenvalue weighted by molar-refractivity contribution is 6.01. The van der Waals surface area contributed by atoms with Crippen LogP contribution in [-0.4, -0.2) is 31.1 Å². The fraction of sp³-hybridized carbons (Fsp3) is 0.533. The summed E-state index contributed by atoms with van der Waals surface area (Å²) in [5.41, 5.74) is 0.468. The topological polar surface area (TPSA) is 41.6 Å². The van der Waals surface area contributed by atoms with E-state index < -0.39 is 5.54 Å². The molecule has 1 atom stereocenters. The van der Waals surface area contributed by atoms with Crippen LogP contribution in [0.4, 0.5) is 5.69 Å². The largest absolute Gasteiger partial charge is 0.490 e. The van der Waals surface area contributed by atoms with Gasteiger partial charge in [-0.05, 0) is 44.9 Å². The van der Waals surface area contributed by atoms with E-state index >= 15 is 0 Å². The van der Waals surface area contributed by atoms with E-state index in [4.69, 9.17) is 4.74 Å². The Bertz CT molecular complexity index is 481. The number of benzene rings is 1. The predicted molar refractivity (Wildman–Crippen MR) is 74.5 cm³/mol. The lowest BCUT2D eigenvalue weighted by Gasteiger charge is -2.39. The second kappa shape index (κ2) is 4.85. The van der Waals surface area contributed by atoms with Gasteiger partial charge in [-0.15, -0.1) is 0 Å². The molecule has 2 aliphatic heterocycles. The Labute approximate surface area is 113 Å². The van der Waals surface area contributed by atoms with Crippen molar-refractivity contribution in [2.45, 2.75) is 31.7 Å². The summed E-state index contributed by atoms with van der Waals surface area (Å²) >= 11 is 0. The van der Waals surface area contributed by atoms with Crippen LogP contribution in [0.1, 0.15) is 26.2 Å². The second-order valence-corrected chi connectivity index (χ2v) is 5.49. The molecule has 1 unspecified atom stereocenters. The fourth-order valence-electron chi connectivity index (χ4n) is 2.92. The van der Waals surface area contributed by atoms with Gasteiger partial charge < -0.3 is 15.0 Å². The monoisotopic (exact) mass is 260 g/mol. The first-order chi connectivity index (χ1) is 9.21. The van der Waals surface area contributed by atoms with Crippen molar-refractivity contribution in [3.63, 3.8) is 0 Å². The van der Waals surface area contributed by atoms with Crippen molar-refractivity contribution in [3.05, 3.63) is 24.3 Å². The van der Waals surface area contributed by atoms with Gasteiger partial charge >= 0.3 is 0 Å². The average Bonchev–Trinajstić information content (AvgIpc) is 2.47. The summed E-state index contributed by atoms with van der Waals surface area (Å²) < 4.78 is 5.61. The van der Waals surface area contributed by atoms with Crippen LogP contribution in [0.5, 0.6) is 5.75 Å². The first kappa shape index (κ1) is 12.5. The molecule has 1 saturated heterocycles. The lowest BCUT2D eigenvalue weighted by Crippen LogP contribution is -2.59. The third-order valence-corrected chi connectivity index (χ3v) is 4.06. The van der Waals surface area contributed by atoms with Gasteiger partial charge in [0.25, 0.3) is 0 Å². The normalized spacial score (nSPS) is 26.5. The number of rotatable bonds is 1. The summed E-state index contributed by atoms with van der Waals surface area (Å²) in [4.78, 5) is 14.7. The van der Waals surface area contributed by atoms with Gasteiger partial charge in [-0.3, -0.25) is 4.79 Å². The van der Waals surface area contributed by atoms with Gasteiger partial charge in [-0.1, -0.05) is 12.1 Å². The smallest absolute Gasteiger partial charge is 0.247 e. The maximum atomic E-state index is 12.8. The highest BCUT2D eigenvalue weighted by atomic mass is 16.5. The van der Waals surface area contributed by atoms with E-state index in [1.807, 2.05) is 36.1 Å². The number of ether oxygens (including phenoxy) is 1. The average molecular weight is 260 g/mol. The Balaban J connectivity index is 1.88. The lowest BCUT2D eigenvalue weighted by atomic mass is 9.89. The summed E-state index contributed by atoms with van der Waals surface area (Å²) in [6.07, 6.45) is 3.18. The quantitative estimate of drug-likeness (QED) is 0.839. The Morgan fingerprint density at radius 3 is 3.00 bits per heavy atom. The number of hydrogen-bond acceptors (Lipinski definition) is 3. The van der Waals surface area contributed by atoms with Gasteiger partial charge in [-0.25, -0.2) is 0 Å². The van der Waals surface area contributed by atoms with Crippen molar-refractivity contribution in [1.82, 2.24) is 5.32 Å². The number of nitrogens with one attached hydrogen (secondary N) is 1. The second-order valence-electron chi connectivity index (χ2n) is 5.49. The van der Waals surface area contributed by atoms with Crippen molar-refractivity contribution in [3.8, 4) is 5.75 Å². The first-order valence-electron chi connectivity index (χ1n) is 6.99. The number of fused-ring (bicyclic) bond motifs is 1. The van der Waals surface area contributed by atoms with Gasteiger partial charge in [0.15, 0.2) is 0 Å². The molecule has 19 heavy (non-hydrogen) atoms. The first-order valence-corrected chi connectivity index (χ1v) is 6.99. The molecule has 2 heterocycles. The maximum absolute atomic E-state index is 12.8. The Kier molecular flexibility index (Phi) is 3.19. The van der Waals surface area contributed by atoms with E-state index in [9.17, 15) is 4.79 Å². The molecule has 0 saturated carbocycles. The highest BCUT2D eigenvalue weighted by Gasteiger charge is 2.39. The number of anilines is 1. The lowest BCUT2D eigenvalue weighted by molar-refractivity contribution is -0.125. The third-order valence-electron chi connectivity index (χ3n) is 4.06. The Hall–Kier alpha value is -1.55. The fourth-order valence-corrected chi connectivity index (χ4v) is 2.92. The van der Waals surface area contributed by atoms with Gasteiger partial charge in [0.2, 0.25) is 5.91 Å². The van der Waals surface area contributed by atoms with Crippen LogP contribution in [0.25, 0.3) is 0 Å². The van der Waals surface area contributed by atoms with Crippen LogP contribution in [0.15, 0.2) is 24.3 Å². The molecule has 4 nitrogen and oxygen atoms in total. The molecule has 1 N–H and O–H groups in total. The summed E-state index contributed by atoms with van der Waals surface area (Å²) in [7, 11) is 0. The minimum atomic E-state index is -0.428. The molecule has 1 fully saturated rings. The molecule has 0 spiro atoms. The number of para-hydroxylation sites is 2. The predicted octanol–water partition coefficient (Wildman–Crippen LogP) is 1.94. The Morgan fingerprint density at radius 2 is 2.21 bits per heavy atom. The SMILES string of the molecule is CC1(C(=O)N2CCOc3ccccc32)CCCCN1. The van der Waals surface area contributed by atoms with Gasteiger partial charge in [0.1, 0.15) is 12.4 Å². The van der Waals surface area contributed by atoms with Crippen molar-refractivity contribution < 1.29 is 9.53 Å².